The van der Waals surface area contributed by atoms with E-state index in [1.54, 1.807) is 7.11 Å². The summed E-state index contributed by atoms with van der Waals surface area (Å²) in [5, 5.41) is 3.98. The van der Waals surface area contributed by atoms with Gasteiger partial charge in [-0.15, -0.1) is 0 Å². The molecule has 0 spiro atoms. The zero-order valence-electron chi connectivity index (χ0n) is 12.2. The number of rotatable bonds is 5. The second kappa shape index (κ2) is 6.24. The van der Waals surface area contributed by atoms with Gasteiger partial charge < -0.3 is 15.0 Å². The first-order valence-electron chi connectivity index (χ1n) is 7.20. The van der Waals surface area contributed by atoms with Crippen molar-refractivity contribution in [3.63, 3.8) is 0 Å². The third kappa shape index (κ3) is 2.91. The van der Waals surface area contributed by atoms with E-state index in [9.17, 15) is 0 Å². The standard InChI is InChI=1S/C15H20N4O2/c1-20-13-7-3-2-5-11(13)12-6-4-8-19(12)10-14-17-15(9-16)21-18-14/h2-3,5,7,12H,4,6,8-10,16H2,1H3. The highest BCUT2D eigenvalue weighted by atomic mass is 16.5. The molecule has 1 aliphatic heterocycles. The van der Waals surface area contributed by atoms with Crippen molar-refractivity contribution in [2.75, 3.05) is 13.7 Å². The molecule has 0 bridgehead atoms. The van der Waals surface area contributed by atoms with Crippen LogP contribution in [0.15, 0.2) is 28.8 Å². The van der Waals surface area contributed by atoms with Gasteiger partial charge in [0.1, 0.15) is 5.75 Å². The molecule has 6 nitrogen and oxygen atoms in total. The van der Waals surface area contributed by atoms with Crippen molar-refractivity contribution in [3.8, 4) is 5.75 Å². The van der Waals surface area contributed by atoms with E-state index in [1.807, 2.05) is 12.1 Å². The summed E-state index contributed by atoms with van der Waals surface area (Å²) < 4.78 is 10.6. The topological polar surface area (TPSA) is 77.4 Å². The zero-order chi connectivity index (χ0) is 14.7. The summed E-state index contributed by atoms with van der Waals surface area (Å²) in [5.41, 5.74) is 6.72. The Labute approximate surface area is 123 Å². The smallest absolute Gasteiger partial charge is 0.240 e. The average molecular weight is 288 g/mol. The van der Waals surface area contributed by atoms with Crippen molar-refractivity contribution in [3.05, 3.63) is 41.5 Å². The van der Waals surface area contributed by atoms with Gasteiger partial charge in [0.2, 0.25) is 5.89 Å². The fourth-order valence-corrected chi connectivity index (χ4v) is 2.93. The van der Waals surface area contributed by atoms with Crippen LogP contribution in [-0.4, -0.2) is 28.7 Å². The SMILES string of the molecule is COc1ccccc1C1CCCN1Cc1noc(CN)n1. The van der Waals surface area contributed by atoms with Crippen LogP contribution in [0.3, 0.4) is 0 Å². The summed E-state index contributed by atoms with van der Waals surface area (Å²) in [7, 11) is 1.71. The third-order valence-electron chi connectivity index (χ3n) is 3.89. The van der Waals surface area contributed by atoms with E-state index in [2.05, 4.69) is 27.2 Å². The van der Waals surface area contributed by atoms with Crippen LogP contribution in [0.2, 0.25) is 0 Å². The number of nitrogens with two attached hydrogens (primary N) is 1. The minimum atomic E-state index is 0.281. The molecular formula is C15H20N4O2. The van der Waals surface area contributed by atoms with Crippen LogP contribution in [0, 0.1) is 0 Å². The van der Waals surface area contributed by atoms with Crippen LogP contribution in [0.1, 0.15) is 36.2 Å². The molecule has 1 aliphatic rings. The summed E-state index contributed by atoms with van der Waals surface area (Å²) >= 11 is 0. The normalized spacial score (nSPS) is 19.0. The number of ether oxygens (including phenoxy) is 1. The summed E-state index contributed by atoms with van der Waals surface area (Å²) in [5.74, 6) is 2.11. The van der Waals surface area contributed by atoms with E-state index in [0.29, 0.717) is 24.3 Å². The number of nitrogens with zero attached hydrogens (tertiary/aromatic N) is 3. The molecular weight excluding hydrogens is 268 g/mol. The van der Waals surface area contributed by atoms with Gasteiger partial charge in [0, 0.05) is 11.6 Å². The molecule has 1 aromatic heterocycles. The molecule has 0 aliphatic carbocycles. The number of hydrogen-bond acceptors (Lipinski definition) is 6. The van der Waals surface area contributed by atoms with Crippen molar-refractivity contribution in [2.24, 2.45) is 5.73 Å². The summed E-state index contributed by atoms with van der Waals surface area (Å²) in [6, 6.07) is 8.51. The molecule has 0 amide bonds. The maximum atomic E-state index is 5.50. The lowest BCUT2D eigenvalue weighted by atomic mass is 10.0. The van der Waals surface area contributed by atoms with Crippen molar-refractivity contribution in [1.29, 1.82) is 0 Å². The second-order valence-electron chi connectivity index (χ2n) is 5.18. The minimum Gasteiger partial charge on any atom is -0.496 e. The molecule has 112 valence electrons. The fraction of sp³-hybridized carbons (Fsp3) is 0.467. The highest BCUT2D eigenvalue weighted by Gasteiger charge is 2.29. The molecule has 2 heterocycles. The quantitative estimate of drug-likeness (QED) is 0.905. The molecule has 6 heteroatoms. The Morgan fingerprint density at radius 1 is 1.43 bits per heavy atom. The van der Waals surface area contributed by atoms with Crippen molar-refractivity contribution in [2.45, 2.75) is 32.0 Å². The van der Waals surface area contributed by atoms with Gasteiger partial charge in [-0.05, 0) is 25.5 Å². The number of benzene rings is 1. The third-order valence-corrected chi connectivity index (χ3v) is 3.89. The number of likely N-dealkylation sites (tertiary alicyclic amines) is 1. The van der Waals surface area contributed by atoms with Crippen LogP contribution in [0.5, 0.6) is 5.75 Å². The van der Waals surface area contributed by atoms with E-state index in [4.69, 9.17) is 15.0 Å². The molecule has 0 radical (unpaired) electrons. The number of hydrogen-bond donors (Lipinski definition) is 1. The Morgan fingerprint density at radius 2 is 2.29 bits per heavy atom. The number of methoxy groups -OCH3 is 1. The first-order chi connectivity index (χ1) is 10.3. The van der Waals surface area contributed by atoms with Gasteiger partial charge in [-0.3, -0.25) is 4.90 Å². The van der Waals surface area contributed by atoms with Crippen LogP contribution in [0.4, 0.5) is 0 Å². The Bertz CT molecular complexity index is 599. The minimum absolute atomic E-state index is 0.281. The fourth-order valence-electron chi connectivity index (χ4n) is 2.93. The highest BCUT2D eigenvalue weighted by molar-refractivity contribution is 5.36. The highest BCUT2D eigenvalue weighted by Crippen LogP contribution is 2.37. The van der Waals surface area contributed by atoms with Crippen LogP contribution >= 0.6 is 0 Å². The van der Waals surface area contributed by atoms with Crippen molar-refractivity contribution in [1.82, 2.24) is 15.0 Å². The molecule has 3 rings (SSSR count). The van der Waals surface area contributed by atoms with Crippen LogP contribution < -0.4 is 10.5 Å². The number of aromatic nitrogens is 2. The predicted molar refractivity (Wildman–Crippen MR) is 77.6 cm³/mol. The monoisotopic (exact) mass is 288 g/mol. The lowest BCUT2D eigenvalue weighted by Crippen LogP contribution is -2.23. The Morgan fingerprint density at radius 3 is 3.05 bits per heavy atom. The van der Waals surface area contributed by atoms with Gasteiger partial charge in [0.15, 0.2) is 5.82 Å². The average Bonchev–Trinajstić information content (AvgIpc) is 3.17. The summed E-state index contributed by atoms with van der Waals surface area (Å²) in [4.78, 5) is 6.65. The van der Waals surface area contributed by atoms with E-state index in [0.717, 1.165) is 25.1 Å². The predicted octanol–water partition coefficient (Wildman–Crippen LogP) is 1.87. The van der Waals surface area contributed by atoms with E-state index in [-0.39, 0.29) is 6.54 Å². The van der Waals surface area contributed by atoms with E-state index >= 15 is 0 Å². The Balaban J connectivity index is 1.79. The van der Waals surface area contributed by atoms with Gasteiger partial charge in [-0.2, -0.15) is 4.98 Å². The van der Waals surface area contributed by atoms with Gasteiger partial charge in [0.25, 0.3) is 0 Å². The van der Waals surface area contributed by atoms with Crippen molar-refractivity contribution >= 4 is 0 Å². The first-order valence-corrected chi connectivity index (χ1v) is 7.20. The molecule has 2 aromatic rings. The molecule has 21 heavy (non-hydrogen) atoms. The molecule has 1 saturated heterocycles. The van der Waals surface area contributed by atoms with E-state index in [1.165, 1.54) is 5.56 Å². The van der Waals surface area contributed by atoms with Crippen LogP contribution in [-0.2, 0) is 13.1 Å². The zero-order valence-corrected chi connectivity index (χ0v) is 12.2. The molecule has 1 unspecified atom stereocenters. The van der Waals surface area contributed by atoms with Gasteiger partial charge >= 0.3 is 0 Å². The van der Waals surface area contributed by atoms with Gasteiger partial charge in [-0.25, -0.2) is 0 Å². The second-order valence-corrected chi connectivity index (χ2v) is 5.18. The maximum Gasteiger partial charge on any atom is 0.240 e. The Hall–Kier alpha value is -1.92. The summed E-state index contributed by atoms with van der Waals surface area (Å²) in [6.07, 6.45) is 2.27. The molecule has 0 saturated carbocycles. The molecule has 1 fully saturated rings. The summed E-state index contributed by atoms with van der Waals surface area (Å²) in [6.45, 7) is 1.98. The van der Waals surface area contributed by atoms with E-state index < -0.39 is 0 Å². The largest absolute Gasteiger partial charge is 0.496 e. The maximum absolute atomic E-state index is 5.50. The number of para-hydroxylation sites is 1. The molecule has 1 atom stereocenters. The lowest BCUT2D eigenvalue weighted by Gasteiger charge is -2.24. The van der Waals surface area contributed by atoms with Crippen LogP contribution in [0.25, 0.3) is 0 Å². The van der Waals surface area contributed by atoms with Gasteiger partial charge in [0.05, 0.1) is 20.2 Å². The lowest BCUT2D eigenvalue weighted by molar-refractivity contribution is 0.233. The first kappa shape index (κ1) is 14.0. The molecule has 2 N–H and O–H groups in total. The Kier molecular flexibility index (Phi) is 4.17. The molecule has 1 aromatic carbocycles. The van der Waals surface area contributed by atoms with Gasteiger partial charge in [-0.1, -0.05) is 23.4 Å². The van der Waals surface area contributed by atoms with Crippen molar-refractivity contribution < 1.29 is 9.26 Å².